The lowest BCUT2D eigenvalue weighted by Gasteiger charge is -2.41. The number of nitrogens with zero attached hydrogens (tertiary/aromatic N) is 5. The summed E-state index contributed by atoms with van der Waals surface area (Å²) in [6.07, 6.45) is 6.57. The molecule has 4 aromatic rings. The number of rotatable bonds is 6. The Kier molecular flexibility index (Phi) is 5.43. The summed E-state index contributed by atoms with van der Waals surface area (Å²) in [6.45, 7) is 2.83. The Morgan fingerprint density at radius 3 is 2.82 bits per heavy atom. The zero-order chi connectivity index (χ0) is 26.0. The molecule has 2 aliphatic heterocycles. The molecule has 3 aromatic heterocycles. The highest BCUT2D eigenvalue weighted by molar-refractivity contribution is 6.09. The standard InChI is InChI=1S/C28H29F2N5O3/c1-33-21-14-31-20-12-19(30)23(26-24(20)25(21)35(27(33)36)28(16-38-26)7-2-8-28)17-4-5-22(32-13-17)37-11-3-9-34-10-6-18(29)15-34/h4-5,12-14,18H,2-3,6-11,15-16H2,1H3/t18-/m0/s1. The zero-order valence-corrected chi connectivity index (χ0v) is 21.3. The van der Waals surface area contributed by atoms with Gasteiger partial charge in [0.15, 0.2) is 0 Å². The van der Waals surface area contributed by atoms with Crippen molar-refractivity contribution in [1.29, 1.82) is 0 Å². The van der Waals surface area contributed by atoms with Crippen LogP contribution in [0.15, 0.2) is 35.4 Å². The molecule has 5 heterocycles. The predicted octanol–water partition coefficient (Wildman–Crippen LogP) is 4.17. The summed E-state index contributed by atoms with van der Waals surface area (Å²) in [5.41, 5.74) is 2.23. The first kappa shape index (κ1) is 23.6. The first-order valence-electron chi connectivity index (χ1n) is 13.3. The molecule has 0 amide bonds. The Labute approximate surface area is 217 Å². The number of alkyl halides is 1. The van der Waals surface area contributed by atoms with Crippen molar-refractivity contribution in [3.63, 3.8) is 0 Å². The lowest BCUT2D eigenvalue weighted by molar-refractivity contribution is 0.0719. The Hall–Kier alpha value is -3.53. The molecule has 10 heteroatoms. The maximum Gasteiger partial charge on any atom is 0.329 e. The monoisotopic (exact) mass is 521 g/mol. The zero-order valence-electron chi connectivity index (χ0n) is 21.3. The van der Waals surface area contributed by atoms with Crippen LogP contribution in [-0.4, -0.2) is 63.0 Å². The molecule has 1 aromatic carbocycles. The highest BCUT2D eigenvalue weighted by Gasteiger charge is 2.45. The van der Waals surface area contributed by atoms with E-state index in [0.29, 0.717) is 65.4 Å². The van der Waals surface area contributed by atoms with Crippen LogP contribution in [0.2, 0.25) is 0 Å². The summed E-state index contributed by atoms with van der Waals surface area (Å²) in [7, 11) is 1.75. The van der Waals surface area contributed by atoms with E-state index in [-0.39, 0.29) is 5.69 Å². The number of halogens is 2. The lowest BCUT2D eigenvalue weighted by atomic mass is 9.77. The van der Waals surface area contributed by atoms with Gasteiger partial charge in [-0.05, 0) is 38.2 Å². The minimum absolute atomic E-state index is 0.103. The maximum absolute atomic E-state index is 15.6. The molecule has 7 rings (SSSR count). The first-order valence-corrected chi connectivity index (χ1v) is 13.3. The van der Waals surface area contributed by atoms with Gasteiger partial charge in [-0.15, -0.1) is 0 Å². The molecule has 1 atom stereocenters. The van der Waals surface area contributed by atoms with E-state index in [1.165, 1.54) is 6.07 Å². The summed E-state index contributed by atoms with van der Waals surface area (Å²) in [4.78, 5) is 24.3. The number of aromatic nitrogens is 4. The summed E-state index contributed by atoms with van der Waals surface area (Å²) in [6, 6.07) is 4.90. The maximum atomic E-state index is 15.6. The number of likely N-dealkylation sites (tertiary alicyclic amines) is 1. The third-order valence-corrected chi connectivity index (χ3v) is 8.43. The fourth-order valence-electron chi connectivity index (χ4n) is 6.23. The van der Waals surface area contributed by atoms with E-state index in [1.54, 1.807) is 36.1 Å². The molecule has 1 aliphatic carbocycles. The third kappa shape index (κ3) is 3.53. The topological polar surface area (TPSA) is 74.4 Å². The Bertz CT molecular complexity index is 1610. The van der Waals surface area contributed by atoms with Crippen molar-refractivity contribution in [3.8, 4) is 22.8 Å². The molecule has 1 spiro atoms. The van der Waals surface area contributed by atoms with Crippen LogP contribution in [-0.2, 0) is 12.6 Å². The summed E-state index contributed by atoms with van der Waals surface area (Å²) >= 11 is 0. The normalized spacial score (nSPS) is 20.2. The van der Waals surface area contributed by atoms with E-state index >= 15 is 4.39 Å². The molecular formula is C28H29F2N5O3. The molecule has 8 nitrogen and oxygen atoms in total. The van der Waals surface area contributed by atoms with Gasteiger partial charge in [0.2, 0.25) is 5.88 Å². The molecule has 0 bridgehead atoms. The highest BCUT2D eigenvalue weighted by atomic mass is 19.1. The average Bonchev–Trinajstić information content (AvgIpc) is 3.36. The quantitative estimate of drug-likeness (QED) is 0.355. The van der Waals surface area contributed by atoms with Crippen molar-refractivity contribution in [2.45, 2.75) is 43.8 Å². The van der Waals surface area contributed by atoms with Gasteiger partial charge in [-0.2, -0.15) is 0 Å². The fourth-order valence-corrected chi connectivity index (χ4v) is 6.23. The van der Waals surface area contributed by atoms with E-state index in [1.807, 2.05) is 4.57 Å². The smallest absolute Gasteiger partial charge is 0.329 e. The number of hydrogen-bond acceptors (Lipinski definition) is 6. The highest BCUT2D eigenvalue weighted by Crippen LogP contribution is 2.48. The van der Waals surface area contributed by atoms with Gasteiger partial charge in [-0.3, -0.25) is 14.1 Å². The second kappa shape index (κ2) is 8.76. The van der Waals surface area contributed by atoms with Crippen LogP contribution in [0, 0.1) is 5.82 Å². The second-order valence-electron chi connectivity index (χ2n) is 10.8. The van der Waals surface area contributed by atoms with Gasteiger partial charge in [-0.1, -0.05) is 0 Å². The van der Waals surface area contributed by atoms with E-state index in [2.05, 4.69) is 14.9 Å². The van der Waals surface area contributed by atoms with Crippen LogP contribution in [0.1, 0.15) is 32.1 Å². The van der Waals surface area contributed by atoms with E-state index in [0.717, 1.165) is 44.3 Å². The van der Waals surface area contributed by atoms with E-state index in [9.17, 15) is 9.18 Å². The van der Waals surface area contributed by atoms with E-state index in [4.69, 9.17) is 9.47 Å². The van der Waals surface area contributed by atoms with Crippen molar-refractivity contribution in [1.82, 2.24) is 24.0 Å². The van der Waals surface area contributed by atoms with Crippen molar-refractivity contribution >= 4 is 21.9 Å². The predicted molar refractivity (Wildman–Crippen MR) is 139 cm³/mol. The first-order chi connectivity index (χ1) is 18.4. The fraction of sp³-hybridized carbons (Fsp3) is 0.464. The molecule has 198 valence electrons. The molecule has 0 N–H and O–H groups in total. The number of hydrogen-bond donors (Lipinski definition) is 0. The van der Waals surface area contributed by atoms with Crippen LogP contribution in [0.25, 0.3) is 33.1 Å². The second-order valence-corrected chi connectivity index (χ2v) is 10.8. The minimum Gasteiger partial charge on any atom is -0.490 e. The van der Waals surface area contributed by atoms with Gasteiger partial charge in [0.1, 0.15) is 24.3 Å². The lowest BCUT2D eigenvalue weighted by Crippen LogP contribution is -2.50. The van der Waals surface area contributed by atoms with Crippen molar-refractivity contribution in [2.75, 3.05) is 32.8 Å². The number of pyridine rings is 2. The van der Waals surface area contributed by atoms with Crippen LogP contribution in [0.4, 0.5) is 8.78 Å². The number of fused-ring (bicyclic) bond motifs is 1. The third-order valence-electron chi connectivity index (χ3n) is 8.43. The van der Waals surface area contributed by atoms with Gasteiger partial charge in [0, 0.05) is 50.6 Å². The van der Waals surface area contributed by atoms with Gasteiger partial charge in [-0.25, -0.2) is 18.6 Å². The molecule has 0 radical (unpaired) electrons. The Morgan fingerprint density at radius 1 is 1.24 bits per heavy atom. The summed E-state index contributed by atoms with van der Waals surface area (Å²) < 4.78 is 44.6. The van der Waals surface area contributed by atoms with Crippen molar-refractivity contribution in [2.24, 2.45) is 7.05 Å². The van der Waals surface area contributed by atoms with Gasteiger partial charge < -0.3 is 14.4 Å². The number of aryl methyl sites for hydroxylation is 1. The molecular weight excluding hydrogens is 492 g/mol. The molecule has 1 saturated carbocycles. The number of imidazole rings is 1. The van der Waals surface area contributed by atoms with Crippen LogP contribution >= 0.6 is 0 Å². The van der Waals surface area contributed by atoms with Gasteiger partial charge >= 0.3 is 5.69 Å². The number of ether oxygens (including phenoxy) is 2. The van der Waals surface area contributed by atoms with Crippen molar-refractivity contribution < 1.29 is 18.3 Å². The van der Waals surface area contributed by atoms with E-state index < -0.39 is 17.5 Å². The van der Waals surface area contributed by atoms with Gasteiger partial charge in [0.25, 0.3) is 0 Å². The number of benzene rings is 1. The Morgan fingerprint density at radius 2 is 2.11 bits per heavy atom. The van der Waals surface area contributed by atoms with Crippen LogP contribution < -0.4 is 15.2 Å². The van der Waals surface area contributed by atoms with Crippen LogP contribution in [0.5, 0.6) is 11.6 Å². The minimum atomic E-state index is -0.722. The molecule has 1 saturated heterocycles. The van der Waals surface area contributed by atoms with Gasteiger partial charge in [0.05, 0.1) is 45.8 Å². The molecule has 3 aliphatic rings. The molecule has 38 heavy (non-hydrogen) atoms. The SMILES string of the molecule is Cn1c(=O)n2c3c4c(c(-c5ccc(OCCCN6CC[C@H](F)C6)nc5)c(F)cc4ncc31)OCC21CCC1. The molecule has 2 fully saturated rings. The summed E-state index contributed by atoms with van der Waals surface area (Å²) in [5.74, 6) is 0.385. The average molecular weight is 522 g/mol. The largest absolute Gasteiger partial charge is 0.490 e. The van der Waals surface area contributed by atoms with Crippen LogP contribution in [0.3, 0.4) is 0 Å². The summed E-state index contributed by atoms with van der Waals surface area (Å²) in [5, 5.41) is 0.651. The molecule has 0 unspecified atom stereocenters. The Balaban J connectivity index is 1.23. The van der Waals surface area contributed by atoms with Crippen molar-refractivity contribution in [3.05, 3.63) is 46.9 Å².